The first kappa shape index (κ1) is 24.7. The number of carbonyl (C=O) groups is 1. The number of aromatic nitrogens is 2. The molecular formula is C29H30N4O3. The van der Waals surface area contributed by atoms with Gasteiger partial charge in [-0.05, 0) is 66.9 Å². The Labute approximate surface area is 211 Å². The van der Waals surface area contributed by atoms with E-state index in [1.54, 1.807) is 10.9 Å². The molecule has 36 heavy (non-hydrogen) atoms. The summed E-state index contributed by atoms with van der Waals surface area (Å²) in [5, 5.41) is 8.93. The molecule has 0 fully saturated rings. The van der Waals surface area contributed by atoms with Crippen LogP contribution in [0.3, 0.4) is 0 Å². The predicted molar refractivity (Wildman–Crippen MR) is 142 cm³/mol. The minimum absolute atomic E-state index is 0.127. The Bertz CT molecular complexity index is 1280. The van der Waals surface area contributed by atoms with Crippen LogP contribution in [0.5, 0.6) is 11.5 Å². The maximum absolute atomic E-state index is 12.3. The Balaban J connectivity index is 1.47. The predicted octanol–water partition coefficient (Wildman–Crippen LogP) is 5.42. The van der Waals surface area contributed by atoms with Gasteiger partial charge < -0.3 is 9.47 Å². The van der Waals surface area contributed by atoms with Crippen LogP contribution in [0, 0.1) is 0 Å². The normalized spacial score (nSPS) is 10.9. The number of rotatable bonds is 11. The summed E-state index contributed by atoms with van der Waals surface area (Å²) in [7, 11) is 0. The highest BCUT2D eigenvalue weighted by molar-refractivity contribution is 5.89. The second-order valence-electron chi connectivity index (χ2n) is 8.17. The molecule has 0 saturated carbocycles. The molecule has 0 unspecified atom stereocenters. The molecule has 0 spiro atoms. The molecule has 0 atom stereocenters. The average molecular weight is 483 g/mol. The van der Waals surface area contributed by atoms with E-state index in [4.69, 9.17) is 14.6 Å². The summed E-state index contributed by atoms with van der Waals surface area (Å²) >= 11 is 0. The van der Waals surface area contributed by atoms with Gasteiger partial charge in [-0.1, -0.05) is 44.2 Å². The number of hydrogen-bond donors (Lipinski definition) is 1. The maximum Gasteiger partial charge on any atom is 0.277 e. The van der Waals surface area contributed by atoms with Crippen molar-refractivity contribution in [3.63, 3.8) is 0 Å². The fourth-order valence-corrected chi connectivity index (χ4v) is 3.52. The zero-order chi connectivity index (χ0) is 25.2. The molecular weight excluding hydrogens is 452 g/mol. The molecule has 4 aromatic rings. The summed E-state index contributed by atoms with van der Waals surface area (Å²) < 4.78 is 13.0. The molecule has 0 radical (unpaired) electrons. The van der Waals surface area contributed by atoms with Gasteiger partial charge in [0.05, 0.1) is 18.5 Å². The van der Waals surface area contributed by atoms with E-state index in [2.05, 4.69) is 24.4 Å². The number of nitrogens with one attached hydrogen (secondary N) is 1. The Kier molecular flexibility index (Phi) is 8.48. The molecule has 0 aliphatic heterocycles. The van der Waals surface area contributed by atoms with Gasteiger partial charge in [0.1, 0.15) is 17.2 Å². The summed E-state index contributed by atoms with van der Waals surface area (Å²) in [6.45, 7) is 4.71. The molecule has 1 aromatic heterocycles. The molecule has 0 saturated heterocycles. The summed E-state index contributed by atoms with van der Waals surface area (Å²) in [4.78, 5) is 12.3. The molecule has 0 bridgehead atoms. The van der Waals surface area contributed by atoms with Crippen LogP contribution in [0.2, 0.25) is 0 Å². The standard InChI is InChI=1S/C29H30N4O3/c1-3-18-35-26-16-12-23(13-17-26)29-24(20-33(32-29)25-8-6-5-7-9-25)19-30-31-28(34)21-36-27-14-10-22(4-2)11-15-27/h5-17,19-20H,3-4,18,21H2,1-2H3,(H,31,34). The van der Waals surface area contributed by atoms with Gasteiger partial charge in [0, 0.05) is 17.3 Å². The Hall–Kier alpha value is -4.39. The lowest BCUT2D eigenvalue weighted by Crippen LogP contribution is -2.24. The summed E-state index contributed by atoms with van der Waals surface area (Å²) in [6.07, 6.45) is 5.38. The molecule has 7 heteroatoms. The van der Waals surface area contributed by atoms with Crippen molar-refractivity contribution in [2.75, 3.05) is 13.2 Å². The smallest absolute Gasteiger partial charge is 0.277 e. The lowest BCUT2D eigenvalue weighted by Gasteiger charge is -2.06. The topological polar surface area (TPSA) is 77.7 Å². The third-order valence-corrected chi connectivity index (χ3v) is 5.46. The molecule has 1 amide bonds. The van der Waals surface area contributed by atoms with Crippen LogP contribution in [0.15, 0.2) is 90.2 Å². The van der Waals surface area contributed by atoms with Crippen molar-refractivity contribution in [1.82, 2.24) is 15.2 Å². The van der Waals surface area contributed by atoms with Crippen molar-refractivity contribution in [2.24, 2.45) is 5.10 Å². The largest absolute Gasteiger partial charge is 0.494 e. The van der Waals surface area contributed by atoms with E-state index in [0.29, 0.717) is 12.4 Å². The van der Waals surface area contributed by atoms with E-state index in [1.807, 2.05) is 85.1 Å². The molecule has 1 heterocycles. The van der Waals surface area contributed by atoms with Gasteiger partial charge in [0.25, 0.3) is 5.91 Å². The van der Waals surface area contributed by atoms with Gasteiger partial charge in [-0.3, -0.25) is 4.79 Å². The molecule has 0 aliphatic carbocycles. The fourth-order valence-electron chi connectivity index (χ4n) is 3.52. The lowest BCUT2D eigenvalue weighted by molar-refractivity contribution is -0.123. The van der Waals surface area contributed by atoms with Crippen LogP contribution in [0.25, 0.3) is 16.9 Å². The van der Waals surface area contributed by atoms with E-state index in [-0.39, 0.29) is 12.5 Å². The van der Waals surface area contributed by atoms with Crippen LogP contribution in [-0.2, 0) is 11.2 Å². The first-order valence-electron chi connectivity index (χ1n) is 12.1. The molecule has 184 valence electrons. The number of hydrogen-bond acceptors (Lipinski definition) is 5. The van der Waals surface area contributed by atoms with Crippen molar-refractivity contribution in [2.45, 2.75) is 26.7 Å². The first-order valence-corrected chi connectivity index (χ1v) is 12.1. The fraction of sp³-hybridized carbons (Fsp3) is 0.207. The molecule has 1 N–H and O–H groups in total. The van der Waals surface area contributed by atoms with Crippen molar-refractivity contribution in [3.05, 3.63) is 96.2 Å². The number of ether oxygens (including phenoxy) is 2. The van der Waals surface area contributed by atoms with Crippen LogP contribution in [-0.4, -0.2) is 35.1 Å². The van der Waals surface area contributed by atoms with Gasteiger partial charge >= 0.3 is 0 Å². The van der Waals surface area contributed by atoms with Crippen molar-refractivity contribution < 1.29 is 14.3 Å². The number of aryl methyl sites for hydroxylation is 1. The molecule has 0 aliphatic rings. The molecule has 7 nitrogen and oxygen atoms in total. The average Bonchev–Trinajstić information content (AvgIpc) is 3.36. The first-order chi connectivity index (χ1) is 17.7. The zero-order valence-electron chi connectivity index (χ0n) is 20.6. The van der Waals surface area contributed by atoms with Crippen molar-refractivity contribution in [3.8, 4) is 28.4 Å². The Morgan fingerprint density at radius 2 is 1.64 bits per heavy atom. The quantitative estimate of drug-likeness (QED) is 0.229. The van der Waals surface area contributed by atoms with Crippen molar-refractivity contribution in [1.29, 1.82) is 0 Å². The number of amides is 1. The highest BCUT2D eigenvalue weighted by atomic mass is 16.5. The van der Waals surface area contributed by atoms with Crippen LogP contribution < -0.4 is 14.9 Å². The summed E-state index contributed by atoms with van der Waals surface area (Å²) in [6, 6.07) is 25.3. The van der Waals surface area contributed by atoms with E-state index >= 15 is 0 Å². The lowest BCUT2D eigenvalue weighted by atomic mass is 10.1. The summed E-state index contributed by atoms with van der Waals surface area (Å²) in [5.41, 5.74) is 7.09. The SMILES string of the molecule is CCCOc1ccc(-c2nn(-c3ccccc3)cc2C=NNC(=O)COc2ccc(CC)cc2)cc1. The van der Waals surface area contributed by atoms with Gasteiger partial charge in [0.15, 0.2) is 6.61 Å². The van der Waals surface area contributed by atoms with Crippen molar-refractivity contribution >= 4 is 12.1 Å². The van der Waals surface area contributed by atoms with Crippen LogP contribution in [0.1, 0.15) is 31.4 Å². The van der Waals surface area contributed by atoms with Gasteiger partial charge in [-0.15, -0.1) is 0 Å². The number of benzene rings is 3. The number of carbonyl (C=O) groups excluding carboxylic acids is 1. The number of hydrazone groups is 1. The maximum atomic E-state index is 12.3. The monoisotopic (exact) mass is 482 g/mol. The van der Waals surface area contributed by atoms with Gasteiger partial charge in [-0.2, -0.15) is 10.2 Å². The number of para-hydroxylation sites is 1. The van der Waals surface area contributed by atoms with Crippen LogP contribution in [0.4, 0.5) is 0 Å². The zero-order valence-corrected chi connectivity index (χ0v) is 20.6. The van der Waals surface area contributed by atoms with E-state index in [0.717, 1.165) is 41.1 Å². The summed E-state index contributed by atoms with van der Waals surface area (Å²) in [5.74, 6) is 1.11. The van der Waals surface area contributed by atoms with Gasteiger partial charge in [-0.25, -0.2) is 10.1 Å². The molecule has 3 aromatic carbocycles. The Morgan fingerprint density at radius 1 is 0.944 bits per heavy atom. The third-order valence-electron chi connectivity index (χ3n) is 5.46. The number of nitrogens with zero attached hydrogens (tertiary/aromatic N) is 3. The second kappa shape index (κ2) is 12.4. The van der Waals surface area contributed by atoms with E-state index in [1.165, 1.54) is 5.56 Å². The third kappa shape index (κ3) is 6.60. The van der Waals surface area contributed by atoms with E-state index in [9.17, 15) is 4.79 Å². The minimum atomic E-state index is -0.347. The van der Waals surface area contributed by atoms with Gasteiger partial charge in [0.2, 0.25) is 0 Å². The highest BCUT2D eigenvalue weighted by Gasteiger charge is 2.12. The van der Waals surface area contributed by atoms with E-state index < -0.39 is 0 Å². The second-order valence-corrected chi connectivity index (χ2v) is 8.17. The highest BCUT2D eigenvalue weighted by Crippen LogP contribution is 2.25. The Morgan fingerprint density at radius 3 is 2.33 bits per heavy atom. The van der Waals surface area contributed by atoms with Crippen LogP contribution >= 0.6 is 0 Å². The minimum Gasteiger partial charge on any atom is -0.494 e. The molecule has 4 rings (SSSR count).